The van der Waals surface area contributed by atoms with Crippen LogP contribution >= 0.6 is 0 Å². The van der Waals surface area contributed by atoms with Gasteiger partial charge >= 0.3 is 0 Å². The summed E-state index contributed by atoms with van der Waals surface area (Å²) in [6.45, 7) is 2.19. The first kappa shape index (κ1) is 8.89. The molecule has 0 aliphatic heterocycles. The summed E-state index contributed by atoms with van der Waals surface area (Å²) in [4.78, 5) is 8.02. The van der Waals surface area contributed by atoms with Crippen molar-refractivity contribution in [2.24, 2.45) is 0 Å². The molecule has 0 atom stereocenters. The van der Waals surface area contributed by atoms with E-state index in [0.29, 0.717) is 24.0 Å². The van der Waals surface area contributed by atoms with Crippen molar-refractivity contribution in [3.8, 4) is 0 Å². The first-order valence-electron chi connectivity index (χ1n) is 4.18. The molecule has 6 nitrogen and oxygen atoms in total. The molecule has 0 bridgehead atoms. The summed E-state index contributed by atoms with van der Waals surface area (Å²) in [5.41, 5.74) is 0.630. The quantitative estimate of drug-likeness (QED) is 0.750. The molecule has 0 saturated carbocycles. The van der Waals surface area contributed by atoms with Crippen LogP contribution in [0.4, 0.5) is 0 Å². The van der Waals surface area contributed by atoms with Gasteiger partial charge in [0.25, 0.3) is 0 Å². The molecule has 1 N–H and O–H groups in total. The number of aliphatic hydroxyl groups is 1. The van der Waals surface area contributed by atoms with E-state index in [0.717, 1.165) is 0 Å². The Morgan fingerprint density at radius 1 is 1.57 bits per heavy atom. The van der Waals surface area contributed by atoms with E-state index in [2.05, 4.69) is 15.1 Å². The second kappa shape index (κ2) is 3.59. The summed E-state index contributed by atoms with van der Waals surface area (Å²) >= 11 is 0. The molecule has 0 unspecified atom stereocenters. The van der Waals surface area contributed by atoms with Gasteiger partial charge in [0.15, 0.2) is 5.82 Å². The molecule has 74 valence electrons. The lowest BCUT2D eigenvalue weighted by molar-refractivity contribution is 0.277. The van der Waals surface area contributed by atoms with Crippen LogP contribution in [0.2, 0.25) is 0 Å². The second-order valence-corrected chi connectivity index (χ2v) is 2.93. The molecular weight excluding hydrogens is 184 g/mol. The van der Waals surface area contributed by atoms with E-state index in [1.807, 2.05) is 0 Å². The van der Waals surface area contributed by atoms with Crippen molar-refractivity contribution < 1.29 is 9.63 Å². The van der Waals surface area contributed by atoms with Crippen LogP contribution in [0.3, 0.4) is 0 Å². The molecule has 2 rings (SSSR count). The van der Waals surface area contributed by atoms with Gasteiger partial charge in [-0.25, -0.2) is 4.98 Å². The van der Waals surface area contributed by atoms with E-state index in [1.165, 1.54) is 0 Å². The molecule has 6 heteroatoms. The smallest absolute Gasteiger partial charge is 0.223 e. The highest BCUT2D eigenvalue weighted by Crippen LogP contribution is 2.01. The standard InChI is InChI=1S/C8H10N4O2/c1-6-10-8(11-14-6)3-12-2-7(4-13)9-5-12/h2,5,13H,3-4H2,1H3. The van der Waals surface area contributed by atoms with Crippen LogP contribution in [0, 0.1) is 6.92 Å². The van der Waals surface area contributed by atoms with E-state index < -0.39 is 0 Å². The number of nitrogens with zero attached hydrogens (tertiary/aromatic N) is 4. The molecule has 0 amide bonds. The number of aryl methyl sites for hydroxylation is 1. The van der Waals surface area contributed by atoms with Crippen molar-refractivity contribution in [3.05, 3.63) is 29.9 Å². The van der Waals surface area contributed by atoms with Crippen molar-refractivity contribution in [3.63, 3.8) is 0 Å². The summed E-state index contributed by atoms with van der Waals surface area (Å²) in [5, 5.41) is 12.5. The summed E-state index contributed by atoms with van der Waals surface area (Å²) in [5.74, 6) is 1.15. The zero-order chi connectivity index (χ0) is 9.97. The number of hydrogen-bond donors (Lipinski definition) is 1. The number of aliphatic hydroxyl groups excluding tert-OH is 1. The van der Waals surface area contributed by atoms with E-state index in [4.69, 9.17) is 9.63 Å². The number of imidazole rings is 1. The van der Waals surface area contributed by atoms with Gasteiger partial charge in [-0.05, 0) is 0 Å². The summed E-state index contributed by atoms with van der Waals surface area (Å²) in [6, 6.07) is 0. The fraction of sp³-hybridized carbons (Fsp3) is 0.375. The fourth-order valence-electron chi connectivity index (χ4n) is 1.14. The predicted octanol–water partition coefficient (Wildman–Crippen LogP) is 0.115. The Bertz CT molecular complexity index is 420. The van der Waals surface area contributed by atoms with Crippen molar-refractivity contribution in [2.75, 3.05) is 0 Å². The van der Waals surface area contributed by atoms with Crippen molar-refractivity contribution in [2.45, 2.75) is 20.1 Å². The molecule has 0 saturated heterocycles. The lowest BCUT2D eigenvalue weighted by Gasteiger charge is -1.93. The molecule has 0 aliphatic carbocycles. The maximum Gasteiger partial charge on any atom is 0.223 e. The summed E-state index contributed by atoms with van der Waals surface area (Å²) in [6.07, 6.45) is 3.36. The van der Waals surface area contributed by atoms with Gasteiger partial charge in [0.05, 0.1) is 25.2 Å². The van der Waals surface area contributed by atoms with Crippen LogP contribution < -0.4 is 0 Å². The van der Waals surface area contributed by atoms with Crippen LogP contribution in [0.15, 0.2) is 17.0 Å². The van der Waals surface area contributed by atoms with E-state index in [9.17, 15) is 0 Å². The highest BCUT2D eigenvalue weighted by Gasteiger charge is 2.03. The third-order valence-electron chi connectivity index (χ3n) is 1.74. The molecule has 14 heavy (non-hydrogen) atoms. The van der Waals surface area contributed by atoms with Crippen molar-refractivity contribution in [1.82, 2.24) is 19.7 Å². The fourth-order valence-corrected chi connectivity index (χ4v) is 1.14. The SMILES string of the molecule is Cc1nc(Cn2cnc(CO)c2)no1. The topological polar surface area (TPSA) is 77.0 Å². The summed E-state index contributed by atoms with van der Waals surface area (Å²) < 4.78 is 6.61. The largest absolute Gasteiger partial charge is 0.390 e. The van der Waals surface area contributed by atoms with Crippen LogP contribution in [0.1, 0.15) is 17.4 Å². The monoisotopic (exact) mass is 194 g/mol. The first-order valence-corrected chi connectivity index (χ1v) is 4.18. The lowest BCUT2D eigenvalue weighted by Crippen LogP contribution is -1.98. The molecule has 2 aromatic heterocycles. The van der Waals surface area contributed by atoms with Crippen molar-refractivity contribution in [1.29, 1.82) is 0 Å². The zero-order valence-corrected chi connectivity index (χ0v) is 7.71. The highest BCUT2D eigenvalue weighted by molar-refractivity contribution is 4.96. The first-order chi connectivity index (χ1) is 6.78. The van der Waals surface area contributed by atoms with Gasteiger partial charge in [-0.2, -0.15) is 4.98 Å². The Kier molecular flexibility index (Phi) is 2.28. The van der Waals surface area contributed by atoms with Crippen molar-refractivity contribution >= 4 is 0 Å². The number of hydrogen-bond acceptors (Lipinski definition) is 5. The molecule has 2 heterocycles. The van der Waals surface area contributed by atoms with Gasteiger partial charge < -0.3 is 14.2 Å². The van der Waals surface area contributed by atoms with Gasteiger partial charge in [0, 0.05) is 13.1 Å². The summed E-state index contributed by atoms with van der Waals surface area (Å²) in [7, 11) is 0. The Balaban J connectivity index is 2.10. The van der Waals surface area contributed by atoms with Crippen LogP contribution in [-0.2, 0) is 13.2 Å². The van der Waals surface area contributed by atoms with Gasteiger partial charge in [-0.1, -0.05) is 5.16 Å². The van der Waals surface area contributed by atoms with Gasteiger partial charge in [0.2, 0.25) is 5.89 Å². The Labute approximate surface area is 80.2 Å². The lowest BCUT2D eigenvalue weighted by atomic mass is 10.5. The molecule has 0 aliphatic rings. The van der Waals surface area contributed by atoms with Crippen LogP contribution in [0.25, 0.3) is 0 Å². The molecule has 0 fully saturated rings. The maximum atomic E-state index is 8.80. The van der Waals surface area contributed by atoms with E-state index in [1.54, 1.807) is 24.0 Å². The minimum atomic E-state index is -0.0573. The van der Waals surface area contributed by atoms with E-state index >= 15 is 0 Å². The van der Waals surface area contributed by atoms with Crippen LogP contribution in [0.5, 0.6) is 0 Å². The predicted molar refractivity (Wildman–Crippen MR) is 46.3 cm³/mol. The molecule has 0 spiro atoms. The van der Waals surface area contributed by atoms with Gasteiger partial charge in [-0.3, -0.25) is 0 Å². The number of aromatic nitrogens is 4. The third-order valence-corrected chi connectivity index (χ3v) is 1.74. The molecular formula is C8H10N4O2. The van der Waals surface area contributed by atoms with Gasteiger partial charge in [-0.15, -0.1) is 0 Å². The average molecular weight is 194 g/mol. The Morgan fingerprint density at radius 3 is 3.00 bits per heavy atom. The third kappa shape index (κ3) is 1.80. The second-order valence-electron chi connectivity index (χ2n) is 2.93. The maximum absolute atomic E-state index is 8.80. The minimum absolute atomic E-state index is 0.0573. The Hall–Kier alpha value is -1.69. The van der Waals surface area contributed by atoms with Gasteiger partial charge in [0.1, 0.15) is 0 Å². The zero-order valence-electron chi connectivity index (χ0n) is 7.71. The molecule has 0 aromatic carbocycles. The van der Waals surface area contributed by atoms with E-state index in [-0.39, 0.29) is 6.61 Å². The minimum Gasteiger partial charge on any atom is -0.390 e. The average Bonchev–Trinajstić information content (AvgIpc) is 2.76. The highest BCUT2D eigenvalue weighted by atomic mass is 16.5. The Morgan fingerprint density at radius 2 is 2.43 bits per heavy atom. The molecule has 2 aromatic rings. The van der Waals surface area contributed by atoms with Crippen LogP contribution in [-0.4, -0.2) is 24.8 Å². The number of rotatable bonds is 3. The normalized spacial score (nSPS) is 10.7. The molecule has 0 radical (unpaired) electrons.